The lowest BCUT2D eigenvalue weighted by atomic mass is 10.00. The first-order valence-electron chi connectivity index (χ1n) is 14.4. The first-order chi connectivity index (χ1) is 20.4. The molecule has 1 heterocycles. The van der Waals surface area contributed by atoms with E-state index in [1.54, 1.807) is 36.2 Å². The Bertz CT molecular complexity index is 1500. The number of aliphatic hydroxyl groups excluding tert-OH is 1. The molecule has 0 spiro atoms. The molecular weight excluding hydrogens is 544 g/mol. The zero-order valence-corrected chi connectivity index (χ0v) is 24.9. The number of aromatic nitrogens is 1. The topological polar surface area (TPSA) is 94.6 Å². The van der Waals surface area contributed by atoms with Crippen LogP contribution in [0.2, 0.25) is 0 Å². The highest BCUT2D eigenvalue weighted by atomic mass is 32.1. The molecule has 1 aliphatic carbocycles. The van der Waals surface area contributed by atoms with E-state index in [1.807, 2.05) is 42.6 Å². The summed E-state index contributed by atoms with van der Waals surface area (Å²) in [5.41, 5.74) is 5.31. The van der Waals surface area contributed by atoms with E-state index in [0.717, 1.165) is 16.3 Å². The molecule has 2 amide bonds. The fourth-order valence-corrected chi connectivity index (χ4v) is 5.87. The number of hydrogen-bond donors (Lipinski definition) is 3. The molecule has 2 atom stereocenters. The van der Waals surface area contributed by atoms with Gasteiger partial charge in [0.25, 0.3) is 11.8 Å². The molecule has 42 heavy (non-hydrogen) atoms. The van der Waals surface area contributed by atoms with Gasteiger partial charge in [-0.25, -0.2) is 4.98 Å². The molecule has 0 aliphatic heterocycles. The van der Waals surface area contributed by atoms with Crippen LogP contribution < -0.4 is 10.6 Å². The number of thiazole rings is 1. The standard InChI is InChI=1S/C34H38N4O3S/c1-23-22-42-32(36-23)21-38(2)34(41)29-13-7-12-28(18-29)33(40)37-30(17-24-8-4-3-5-9-24)31(39)20-35-19-25-10-6-11-27(16-25)26-14-15-26/h3-13,16,18,22,26,30-31,35,39H,14-15,17,19-21H2,1-2H3,(H,37,40)/t30-,31+/m0/s1. The summed E-state index contributed by atoms with van der Waals surface area (Å²) in [5.74, 6) is 0.172. The second-order valence-corrected chi connectivity index (χ2v) is 12.1. The van der Waals surface area contributed by atoms with Crippen LogP contribution in [-0.2, 0) is 19.5 Å². The van der Waals surface area contributed by atoms with Crippen molar-refractivity contribution in [3.63, 3.8) is 0 Å². The lowest BCUT2D eigenvalue weighted by Gasteiger charge is -2.25. The third kappa shape index (κ3) is 8.12. The van der Waals surface area contributed by atoms with Crippen molar-refractivity contribution in [2.24, 2.45) is 0 Å². The Morgan fingerprint density at radius 1 is 1.00 bits per heavy atom. The van der Waals surface area contributed by atoms with Gasteiger partial charge in [0.15, 0.2) is 0 Å². The van der Waals surface area contributed by atoms with E-state index in [-0.39, 0.29) is 11.8 Å². The van der Waals surface area contributed by atoms with Crippen LogP contribution in [0.4, 0.5) is 0 Å². The van der Waals surface area contributed by atoms with E-state index in [4.69, 9.17) is 0 Å². The Morgan fingerprint density at radius 2 is 1.74 bits per heavy atom. The summed E-state index contributed by atoms with van der Waals surface area (Å²) < 4.78 is 0. The van der Waals surface area contributed by atoms with Crippen LogP contribution in [0.1, 0.15) is 66.9 Å². The molecular formula is C34H38N4O3S. The molecule has 218 valence electrons. The average Bonchev–Trinajstić information content (AvgIpc) is 3.78. The van der Waals surface area contributed by atoms with Gasteiger partial charge in [-0.05, 0) is 67.0 Å². The zero-order chi connectivity index (χ0) is 29.5. The average molecular weight is 583 g/mol. The molecule has 1 saturated carbocycles. The van der Waals surface area contributed by atoms with Crippen molar-refractivity contribution >= 4 is 23.2 Å². The van der Waals surface area contributed by atoms with Gasteiger partial charge in [-0.3, -0.25) is 9.59 Å². The lowest BCUT2D eigenvalue weighted by molar-refractivity contribution is 0.0784. The molecule has 0 unspecified atom stereocenters. The van der Waals surface area contributed by atoms with Gasteiger partial charge in [0.05, 0.1) is 18.7 Å². The number of aliphatic hydroxyl groups is 1. The van der Waals surface area contributed by atoms with Gasteiger partial charge in [0.1, 0.15) is 5.01 Å². The maximum atomic E-state index is 13.4. The van der Waals surface area contributed by atoms with Crippen molar-refractivity contribution in [1.82, 2.24) is 20.5 Å². The van der Waals surface area contributed by atoms with Gasteiger partial charge < -0.3 is 20.6 Å². The summed E-state index contributed by atoms with van der Waals surface area (Å²) in [6, 6.07) is 24.6. The molecule has 0 saturated heterocycles. The highest BCUT2D eigenvalue weighted by molar-refractivity contribution is 7.09. The van der Waals surface area contributed by atoms with Crippen molar-refractivity contribution in [3.05, 3.63) is 123 Å². The van der Waals surface area contributed by atoms with E-state index in [9.17, 15) is 14.7 Å². The van der Waals surface area contributed by atoms with Gasteiger partial charge in [-0.2, -0.15) is 0 Å². The van der Waals surface area contributed by atoms with E-state index in [0.29, 0.717) is 43.1 Å². The van der Waals surface area contributed by atoms with Gasteiger partial charge in [-0.15, -0.1) is 11.3 Å². The van der Waals surface area contributed by atoms with Crippen molar-refractivity contribution in [1.29, 1.82) is 0 Å². The highest BCUT2D eigenvalue weighted by Crippen LogP contribution is 2.40. The van der Waals surface area contributed by atoms with Crippen LogP contribution in [0.5, 0.6) is 0 Å². The van der Waals surface area contributed by atoms with Gasteiger partial charge >= 0.3 is 0 Å². The smallest absolute Gasteiger partial charge is 0.253 e. The summed E-state index contributed by atoms with van der Waals surface area (Å²) in [7, 11) is 1.73. The molecule has 1 aliphatic rings. The summed E-state index contributed by atoms with van der Waals surface area (Å²) in [6.45, 7) is 3.29. The first-order valence-corrected chi connectivity index (χ1v) is 15.3. The van der Waals surface area contributed by atoms with Crippen LogP contribution in [0.25, 0.3) is 0 Å². The highest BCUT2D eigenvalue weighted by Gasteiger charge is 2.25. The van der Waals surface area contributed by atoms with Crippen LogP contribution >= 0.6 is 11.3 Å². The fraction of sp³-hybridized carbons (Fsp3) is 0.324. The molecule has 1 aromatic heterocycles. The molecule has 0 bridgehead atoms. The maximum absolute atomic E-state index is 13.4. The monoisotopic (exact) mass is 582 g/mol. The number of amides is 2. The van der Waals surface area contributed by atoms with Crippen LogP contribution in [-0.4, -0.2) is 52.5 Å². The normalized spacial score (nSPS) is 14.3. The molecule has 5 rings (SSSR count). The molecule has 8 heteroatoms. The molecule has 7 nitrogen and oxygen atoms in total. The predicted molar refractivity (Wildman–Crippen MR) is 167 cm³/mol. The Labute approximate surface area is 251 Å². The SMILES string of the molecule is Cc1csc(CN(C)C(=O)c2cccc(C(=O)N[C@@H](Cc3ccccc3)[C@H](O)CNCc3cccc(C4CC4)c3)c2)n1. The minimum absolute atomic E-state index is 0.187. The minimum atomic E-state index is -0.821. The molecule has 1 fully saturated rings. The van der Waals surface area contributed by atoms with Gasteiger partial charge in [0.2, 0.25) is 0 Å². The number of hydrogen-bond acceptors (Lipinski definition) is 6. The second kappa shape index (κ2) is 13.9. The fourth-order valence-electron chi connectivity index (χ4n) is 5.05. The summed E-state index contributed by atoms with van der Waals surface area (Å²) in [4.78, 5) is 32.6. The van der Waals surface area contributed by atoms with E-state index < -0.39 is 12.1 Å². The van der Waals surface area contributed by atoms with E-state index >= 15 is 0 Å². The van der Waals surface area contributed by atoms with Gasteiger partial charge in [-0.1, -0.05) is 60.7 Å². The van der Waals surface area contributed by atoms with Crippen molar-refractivity contribution < 1.29 is 14.7 Å². The van der Waals surface area contributed by atoms with Crippen LogP contribution in [0, 0.1) is 6.92 Å². The second-order valence-electron chi connectivity index (χ2n) is 11.1. The third-order valence-electron chi connectivity index (χ3n) is 7.52. The molecule has 0 radical (unpaired) electrons. The van der Waals surface area contributed by atoms with E-state index in [2.05, 4.69) is 39.9 Å². The van der Waals surface area contributed by atoms with E-state index in [1.165, 1.54) is 35.3 Å². The molecule has 4 aromatic rings. The Morgan fingerprint density at radius 3 is 2.48 bits per heavy atom. The quantitative estimate of drug-likeness (QED) is 0.204. The Hall–Kier alpha value is -3.85. The number of nitrogens with one attached hydrogen (secondary N) is 2. The predicted octanol–water partition coefficient (Wildman–Crippen LogP) is 5.09. The van der Waals surface area contributed by atoms with Crippen molar-refractivity contribution in [2.45, 2.75) is 57.3 Å². The van der Waals surface area contributed by atoms with Crippen LogP contribution in [0.15, 0.2) is 84.2 Å². The number of aryl methyl sites for hydroxylation is 1. The minimum Gasteiger partial charge on any atom is -0.390 e. The summed E-state index contributed by atoms with van der Waals surface area (Å²) >= 11 is 1.52. The lowest BCUT2D eigenvalue weighted by Crippen LogP contribution is -2.48. The number of carbonyl (C=O) groups excluding carboxylic acids is 2. The summed E-state index contributed by atoms with van der Waals surface area (Å²) in [5, 5.41) is 20.4. The van der Waals surface area contributed by atoms with Gasteiger partial charge in [0, 0.05) is 42.3 Å². The third-order valence-corrected chi connectivity index (χ3v) is 8.47. The number of carbonyl (C=O) groups is 2. The Kier molecular flexibility index (Phi) is 9.79. The Balaban J connectivity index is 1.23. The molecule has 3 N–H and O–H groups in total. The maximum Gasteiger partial charge on any atom is 0.253 e. The first kappa shape index (κ1) is 29.6. The number of benzene rings is 3. The summed E-state index contributed by atoms with van der Waals surface area (Å²) in [6.07, 6.45) is 2.17. The van der Waals surface area contributed by atoms with Crippen molar-refractivity contribution in [2.75, 3.05) is 13.6 Å². The molecule has 3 aromatic carbocycles. The number of nitrogens with zero attached hydrogens (tertiary/aromatic N) is 2. The van der Waals surface area contributed by atoms with Crippen LogP contribution in [0.3, 0.4) is 0 Å². The van der Waals surface area contributed by atoms with Crippen molar-refractivity contribution in [3.8, 4) is 0 Å². The number of rotatable bonds is 13. The zero-order valence-electron chi connectivity index (χ0n) is 24.1. The largest absolute Gasteiger partial charge is 0.390 e.